The van der Waals surface area contributed by atoms with Gasteiger partial charge in [0.1, 0.15) is 11.4 Å². The van der Waals surface area contributed by atoms with E-state index in [1.165, 1.54) is 6.07 Å². The first-order valence-electron chi connectivity index (χ1n) is 7.33. The summed E-state index contributed by atoms with van der Waals surface area (Å²) >= 11 is 0. The van der Waals surface area contributed by atoms with Gasteiger partial charge in [-0.2, -0.15) is 0 Å². The number of esters is 1. The molecule has 0 saturated carbocycles. The van der Waals surface area contributed by atoms with Crippen LogP contribution in [0.1, 0.15) is 25.8 Å². The lowest BCUT2D eigenvalue weighted by Crippen LogP contribution is -2.52. The third kappa shape index (κ3) is 3.39. The standard InChI is InChI=1S/C15H22FN3O2/c1-3-21-14(20)15(2,12-9-13(16)11-18-10-12)19-7-4-5-17-6-8-19/h9-11,17H,3-8H2,1-2H3. The number of nitrogens with one attached hydrogen (secondary N) is 1. The van der Waals surface area contributed by atoms with Crippen molar-refractivity contribution in [3.63, 3.8) is 0 Å². The second-order valence-corrected chi connectivity index (χ2v) is 5.28. The Bertz CT molecular complexity index is 490. The number of ether oxygens (including phenoxy) is 1. The molecule has 6 heteroatoms. The quantitative estimate of drug-likeness (QED) is 0.849. The van der Waals surface area contributed by atoms with Crippen molar-refractivity contribution in [2.45, 2.75) is 25.8 Å². The van der Waals surface area contributed by atoms with Crippen LogP contribution >= 0.6 is 0 Å². The Morgan fingerprint density at radius 3 is 3.00 bits per heavy atom. The molecule has 1 aliphatic rings. The fraction of sp³-hybridized carbons (Fsp3) is 0.600. The largest absolute Gasteiger partial charge is 0.464 e. The normalized spacial score (nSPS) is 19.6. The van der Waals surface area contributed by atoms with Crippen LogP contribution < -0.4 is 5.32 Å². The molecular formula is C15H22FN3O2. The summed E-state index contributed by atoms with van der Waals surface area (Å²) in [6.45, 7) is 7.00. The average molecular weight is 295 g/mol. The van der Waals surface area contributed by atoms with E-state index in [1.807, 2.05) is 4.90 Å². The van der Waals surface area contributed by atoms with E-state index in [-0.39, 0.29) is 5.97 Å². The average Bonchev–Trinajstić information content (AvgIpc) is 2.76. The number of rotatable bonds is 4. The maximum atomic E-state index is 13.5. The number of carbonyl (C=O) groups excluding carboxylic acids is 1. The van der Waals surface area contributed by atoms with Crippen molar-refractivity contribution >= 4 is 5.97 Å². The first-order valence-corrected chi connectivity index (χ1v) is 7.33. The van der Waals surface area contributed by atoms with Gasteiger partial charge in [-0.25, -0.2) is 9.18 Å². The smallest absolute Gasteiger partial charge is 0.330 e. The van der Waals surface area contributed by atoms with Crippen LogP contribution in [0.4, 0.5) is 4.39 Å². The summed E-state index contributed by atoms with van der Waals surface area (Å²) in [7, 11) is 0. The molecule has 0 amide bonds. The highest BCUT2D eigenvalue weighted by molar-refractivity contribution is 5.82. The van der Waals surface area contributed by atoms with Crippen LogP contribution in [0.3, 0.4) is 0 Å². The summed E-state index contributed by atoms with van der Waals surface area (Å²) in [5.41, 5.74) is -0.486. The third-order valence-corrected chi connectivity index (χ3v) is 3.91. The molecule has 0 aromatic carbocycles. The van der Waals surface area contributed by atoms with Crippen LogP contribution in [0.2, 0.25) is 0 Å². The minimum atomic E-state index is -1.02. The summed E-state index contributed by atoms with van der Waals surface area (Å²) < 4.78 is 18.8. The van der Waals surface area contributed by atoms with E-state index in [0.717, 1.165) is 32.3 Å². The van der Waals surface area contributed by atoms with E-state index >= 15 is 0 Å². The van der Waals surface area contributed by atoms with E-state index in [2.05, 4.69) is 10.3 Å². The lowest BCUT2D eigenvalue weighted by molar-refractivity contribution is -0.157. The van der Waals surface area contributed by atoms with Crippen molar-refractivity contribution in [1.29, 1.82) is 0 Å². The van der Waals surface area contributed by atoms with E-state index in [4.69, 9.17) is 4.74 Å². The Morgan fingerprint density at radius 1 is 1.48 bits per heavy atom. The molecule has 2 heterocycles. The number of hydrogen-bond donors (Lipinski definition) is 1. The topological polar surface area (TPSA) is 54.5 Å². The van der Waals surface area contributed by atoms with E-state index in [1.54, 1.807) is 20.0 Å². The molecule has 21 heavy (non-hydrogen) atoms. The van der Waals surface area contributed by atoms with Crippen molar-refractivity contribution in [1.82, 2.24) is 15.2 Å². The Labute approximate surface area is 124 Å². The van der Waals surface area contributed by atoms with Gasteiger partial charge in [-0.1, -0.05) is 0 Å². The fourth-order valence-corrected chi connectivity index (χ4v) is 2.67. The Morgan fingerprint density at radius 2 is 2.29 bits per heavy atom. The predicted octanol–water partition coefficient (Wildman–Crippen LogP) is 1.29. The van der Waals surface area contributed by atoms with Gasteiger partial charge in [0.25, 0.3) is 0 Å². The highest BCUT2D eigenvalue weighted by Crippen LogP contribution is 2.30. The molecule has 1 saturated heterocycles. The molecule has 5 nitrogen and oxygen atoms in total. The molecule has 0 radical (unpaired) electrons. The van der Waals surface area contributed by atoms with Gasteiger partial charge in [0, 0.05) is 31.4 Å². The minimum Gasteiger partial charge on any atom is -0.464 e. The van der Waals surface area contributed by atoms with Gasteiger partial charge in [0.15, 0.2) is 0 Å². The molecule has 1 atom stereocenters. The molecule has 1 aliphatic heterocycles. The summed E-state index contributed by atoms with van der Waals surface area (Å²) in [4.78, 5) is 18.5. The summed E-state index contributed by atoms with van der Waals surface area (Å²) in [6, 6.07) is 1.36. The molecule has 1 aromatic rings. The van der Waals surface area contributed by atoms with Gasteiger partial charge < -0.3 is 10.1 Å². The van der Waals surface area contributed by atoms with E-state index in [0.29, 0.717) is 18.7 Å². The number of pyridine rings is 1. The molecule has 116 valence electrons. The molecule has 1 unspecified atom stereocenters. The summed E-state index contributed by atoms with van der Waals surface area (Å²) in [5, 5.41) is 3.30. The first kappa shape index (κ1) is 15.9. The second-order valence-electron chi connectivity index (χ2n) is 5.28. The van der Waals surface area contributed by atoms with Crippen LogP contribution in [0.15, 0.2) is 18.5 Å². The summed E-state index contributed by atoms with van der Waals surface area (Å²) in [5.74, 6) is -0.810. The Kier molecular flexibility index (Phi) is 5.25. The third-order valence-electron chi connectivity index (χ3n) is 3.91. The number of hydrogen-bond acceptors (Lipinski definition) is 5. The van der Waals surface area contributed by atoms with Crippen LogP contribution in [-0.4, -0.2) is 48.6 Å². The minimum absolute atomic E-state index is 0.295. The SMILES string of the molecule is CCOC(=O)C(C)(c1cncc(F)c1)N1CCCNCC1. The second kappa shape index (κ2) is 6.95. The zero-order valence-electron chi connectivity index (χ0n) is 12.6. The van der Waals surface area contributed by atoms with E-state index in [9.17, 15) is 9.18 Å². The monoisotopic (exact) mass is 295 g/mol. The van der Waals surface area contributed by atoms with Crippen LogP contribution in [0.25, 0.3) is 0 Å². The number of carbonyl (C=O) groups is 1. The maximum Gasteiger partial charge on any atom is 0.330 e. The molecule has 2 rings (SSSR count). The molecule has 1 aromatic heterocycles. The van der Waals surface area contributed by atoms with Crippen molar-refractivity contribution in [2.75, 3.05) is 32.8 Å². The molecule has 0 spiro atoms. The fourth-order valence-electron chi connectivity index (χ4n) is 2.67. The highest BCUT2D eigenvalue weighted by atomic mass is 19.1. The summed E-state index contributed by atoms with van der Waals surface area (Å²) in [6.07, 6.45) is 3.61. The molecule has 0 bridgehead atoms. The van der Waals surface area contributed by atoms with Crippen LogP contribution in [-0.2, 0) is 15.1 Å². The zero-order valence-corrected chi connectivity index (χ0v) is 12.6. The van der Waals surface area contributed by atoms with Gasteiger partial charge in [-0.3, -0.25) is 9.88 Å². The van der Waals surface area contributed by atoms with E-state index < -0.39 is 11.4 Å². The lowest BCUT2D eigenvalue weighted by atomic mass is 9.90. The number of aromatic nitrogens is 1. The van der Waals surface area contributed by atoms with Gasteiger partial charge in [-0.15, -0.1) is 0 Å². The van der Waals surface area contributed by atoms with Crippen LogP contribution in [0.5, 0.6) is 0 Å². The number of nitrogens with zero attached hydrogens (tertiary/aromatic N) is 2. The number of halogens is 1. The molecular weight excluding hydrogens is 273 g/mol. The zero-order chi connectivity index (χ0) is 15.3. The molecule has 1 fully saturated rings. The Hall–Kier alpha value is -1.53. The molecule has 1 N–H and O–H groups in total. The molecule has 0 aliphatic carbocycles. The van der Waals surface area contributed by atoms with Crippen molar-refractivity contribution in [3.8, 4) is 0 Å². The van der Waals surface area contributed by atoms with Gasteiger partial charge >= 0.3 is 5.97 Å². The van der Waals surface area contributed by atoms with Crippen molar-refractivity contribution in [2.24, 2.45) is 0 Å². The first-order chi connectivity index (χ1) is 10.1. The lowest BCUT2D eigenvalue weighted by Gasteiger charge is -2.38. The van der Waals surface area contributed by atoms with Crippen molar-refractivity contribution in [3.05, 3.63) is 29.8 Å². The highest BCUT2D eigenvalue weighted by Gasteiger charge is 2.43. The van der Waals surface area contributed by atoms with Gasteiger partial charge in [0.05, 0.1) is 12.8 Å². The maximum absolute atomic E-state index is 13.5. The van der Waals surface area contributed by atoms with Gasteiger partial charge in [-0.05, 0) is 32.9 Å². The van der Waals surface area contributed by atoms with Crippen LogP contribution in [0, 0.1) is 5.82 Å². The van der Waals surface area contributed by atoms with Crippen molar-refractivity contribution < 1.29 is 13.9 Å². The predicted molar refractivity (Wildman–Crippen MR) is 77.2 cm³/mol. The Balaban J connectivity index is 2.40. The van der Waals surface area contributed by atoms with Gasteiger partial charge in [0.2, 0.25) is 0 Å².